The van der Waals surface area contributed by atoms with E-state index in [-0.39, 0.29) is 6.04 Å². The highest BCUT2D eigenvalue weighted by molar-refractivity contribution is 5.07. The molecule has 0 fully saturated rings. The minimum atomic E-state index is 0.0978. The molecule has 0 saturated heterocycles. The highest BCUT2D eigenvalue weighted by Crippen LogP contribution is 2.06. The van der Waals surface area contributed by atoms with Crippen molar-refractivity contribution < 1.29 is 0 Å². The van der Waals surface area contributed by atoms with Gasteiger partial charge in [0.1, 0.15) is 0 Å². The molecule has 0 radical (unpaired) electrons. The van der Waals surface area contributed by atoms with Gasteiger partial charge >= 0.3 is 0 Å². The quantitative estimate of drug-likeness (QED) is 0.711. The van der Waals surface area contributed by atoms with Crippen LogP contribution in [0, 0.1) is 0 Å². The summed E-state index contributed by atoms with van der Waals surface area (Å²) in [7, 11) is 0. The fourth-order valence-electron chi connectivity index (χ4n) is 0.966. The second-order valence-corrected chi connectivity index (χ2v) is 2.83. The van der Waals surface area contributed by atoms with Gasteiger partial charge in [0.2, 0.25) is 0 Å². The van der Waals surface area contributed by atoms with E-state index in [0.717, 1.165) is 18.5 Å². The Morgan fingerprint density at radius 3 is 2.91 bits per heavy atom. The van der Waals surface area contributed by atoms with Crippen molar-refractivity contribution in [2.24, 2.45) is 5.73 Å². The molecule has 1 aromatic rings. The van der Waals surface area contributed by atoms with Gasteiger partial charge in [-0.2, -0.15) is 5.10 Å². The summed E-state index contributed by atoms with van der Waals surface area (Å²) >= 11 is 0. The van der Waals surface area contributed by atoms with E-state index in [1.807, 2.05) is 24.0 Å². The first kappa shape index (κ1) is 8.27. The number of nitrogens with two attached hydrogens (primary N) is 1. The van der Waals surface area contributed by atoms with Gasteiger partial charge in [0.15, 0.2) is 0 Å². The fourth-order valence-corrected chi connectivity index (χ4v) is 0.966. The zero-order valence-corrected chi connectivity index (χ0v) is 7.12. The number of hydrogen-bond donors (Lipinski definition) is 1. The van der Waals surface area contributed by atoms with Crippen molar-refractivity contribution >= 4 is 0 Å². The lowest BCUT2D eigenvalue weighted by atomic mass is 10.2. The molecule has 2 N–H and O–H groups in total. The van der Waals surface area contributed by atoms with Crippen molar-refractivity contribution in [3.8, 4) is 0 Å². The molecule has 0 aliphatic carbocycles. The number of nitrogens with zero attached hydrogens (tertiary/aromatic N) is 2. The van der Waals surface area contributed by atoms with Gasteiger partial charge in [0.25, 0.3) is 0 Å². The molecule has 0 bridgehead atoms. The molecule has 3 nitrogen and oxygen atoms in total. The number of hydrogen-bond acceptors (Lipinski definition) is 2. The molecule has 0 aliphatic rings. The average Bonchev–Trinajstić information content (AvgIpc) is 2.37. The largest absolute Gasteiger partial charge is 0.324 e. The molecule has 0 saturated carbocycles. The molecule has 62 valence electrons. The molecule has 1 rings (SSSR count). The van der Waals surface area contributed by atoms with Gasteiger partial charge in [-0.3, -0.25) is 4.68 Å². The summed E-state index contributed by atoms with van der Waals surface area (Å²) in [4.78, 5) is 0. The van der Waals surface area contributed by atoms with Crippen LogP contribution in [0.2, 0.25) is 0 Å². The molecule has 3 heteroatoms. The minimum Gasteiger partial charge on any atom is -0.324 e. The first-order valence-corrected chi connectivity index (χ1v) is 4.02. The van der Waals surface area contributed by atoms with Gasteiger partial charge in [0, 0.05) is 24.3 Å². The maximum Gasteiger partial charge on any atom is 0.0537 e. The Morgan fingerprint density at radius 2 is 2.45 bits per heavy atom. The summed E-state index contributed by atoms with van der Waals surface area (Å²) < 4.78 is 1.93. The van der Waals surface area contributed by atoms with Crippen molar-refractivity contribution in [3.05, 3.63) is 18.0 Å². The third kappa shape index (κ3) is 2.05. The third-order valence-corrected chi connectivity index (χ3v) is 1.63. The van der Waals surface area contributed by atoms with Gasteiger partial charge in [-0.25, -0.2) is 0 Å². The molecule has 0 spiro atoms. The Bertz CT molecular complexity index is 215. The number of aryl methyl sites for hydroxylation is 1. The van der Waals surface area contributed by atoms with Gasteiger partial charge in [-0.1, -0.05) is 6.92 Å². The van der Waals surface area contributed by atoms with E-state index in [9.17, 15) is 0 Å². The molecule has 11 heavy (non-hydrogen) atoms. The Labute approximate surface area is 67.2 Å². The molecule has 0 aliphatic heterocycles. The van der Waals surface area contributed by atoms with Crippen molar-refractivity contribution in [2.45, 2.75) is 32.9 Å². The van der Waals surface area contributed by atoms with Crippen LogP contribution in [0.4, 0.5) is 0 Å². The average molecular weight is 153 g/mol. The lowest BCUT2D eigenvalue weighted by Gasteiger charge is -1.98. The predicted molar refractivity (Wildman–Crippen MR) is 45.1 cm³/mol. The zero-order valence-electron chi connectivity index (χ0n) is 7.12. The molecule has 1 heterocycles. The SMILES string of the molecule is CCCn1cc([C@@H](C)N)cn1. The Hall–Kier alpha value is -0.830. The molecule has 0 aromatic carbocycles. The van der Waals surface area contributed by atoms with Gasteiger partial charge < -0.3 is 5.73 Å². The van der Waals surface area contributed by atoms with Crippen LogP contribution < -0.4 is 5.73 Å². The van der Waals surface area contributed by atoms with Gasteiger partial charge in [0.05, 0.1) is 6.20 Å². The number of aromatic nitrogens is 2. The van der Waals surface area contributed by atoms with Crippen LogP contribution in [0.3, 0.4) is 0 Å². The Balaban J connectivity index is 2.66. The van der Waals surface area contributed by atoms with Crippen LogP contribution >= 0.6 is 0 Å². The Kier molecular flexibility index (Phi) is 2.65. The molecule has 0 unspecified atom stereocenters. The van der Waals surface area contributed by atoms with Crippen LogP contribution in [0.15, 0.2) is 12.4 Å². The van der Waals surface area contributed by atoms with E-state index in [4.69, 9.17) is 5.73 Å². The summed E-state index contributed by atoms with van der Waals surface area (Å²) in [6.07, 6.45) is 4.95. The molecule has 1 aromatic heterocycles. The fraction of sp³-hybridized carbons (Fsp3) is 0.625. The summed E-state index contributed by atoms with van der Waals surface area (Å²) in [6.45, 7) is 5.08. The van der Waals surface area contributed by atoms with Crippen molar-refractivity contribution in [1.29, 1.82) is 0 Å². The summed E-state index contributed by atoms with van der Waals surface area (Å²) in [5.74, 6) is 0. The third-order valence-electron chi connectivity index (χ3n) is 1.63. The summed E-state index contributed by atoms with van der Waals surface area (Å²) in [5, 5.41) is 4.16. The normalized spacial score (nSPS) is 13.4. The second kappa shape index (κ2) is 3.53. The summed E-state index contributed by atoms with van der Waals surface area (Å²) in [6, 6.07) is 0.0978. The number of rotatable bonds is 3. The first-order valence-electron chi connectivity index (χ1n) is 4.02. The van der Waals surface area contributed by atoms with E-state index in [1.54, 1.807) is 0 Å². The molecular formula is C8H15N3. The zero-order chi connectivity index (χ0) is 8.27. The van der Waals surface area contributed by atoms with Crippen molar-refractivity contribution in [2.75, 3.05) is 0 Å². The van der Waals surface area contributed by atoms with Gasteiger partial charge in [-0.15, -0.1) is 0 Å². The van der Waals surface area contributed by atoms with E-state index in [1.165, 1.54) is 0 Å². The van der Waals surface area contributed by atoms with Crippen molar-refractivity contribution in [3.63, 3.8) is 0 Å². The monoisotopic (exact) mass is 153 g/mol. The smallest absolute Gasteiger partial charge is 0.0537 e. The van der Waals surface area contributed by atoms with E-state index < -0.39 is 0 Å². The summed E-state index contributed by atoms with van der Waals surface area (Å²) in [5.41, 5.74) is 6.78. The van der Waals surface area contributed by atoms with E-state index in [0.29, 0.717) is 0 Å². The molecular weight excluding hydrogens is 138 g/mol. The highest BCUT2D eigenvalue weighted by atomic mass is 15.3. The standard InChI is InChI=1S/C8H15N3/c1-3-4-11-6-8(5-10-11)7(2)9/h5-7H,3-4,9H2,1-2H3/t7-/m1/s1. The maximum absolute atomic E-state index is 5.67. The maximum atomic E-state index is 5.67. The van der Waals surface area contributed by atoms with Gasteiger partial charge in [-0.05, 0) is 13.3 Å². The molecule has 1 atom stereocenters. The van der Waals surface area contributed by atoms with Crippen LogP contribution in [0.1, 0.15) is 31.9 Å². The lowest BCUT2D eigenvalue weighted by Crippen LogP contribution is -2.03. The van der Waals surface area contributed by atoms with Crippen LogP contribution in [0.5, 0.6) is 0 Å². The topological polar surface area (TPSA) is 43.8 Å². The van der Waals surface area contributed by atoms with E-state index in [2.05, 4.69) is 12.0 Å². The van der Waals surface area contributed by atoms with E-state index >= 15 is 0 Å². The van der Waals surface area contributed by atoms with Crippen molar-refractivity contribution in [1.82, 2.24) is 9.78 Å². The van der Waals surface area contributed by atoms with Crippen LogP contribution in [-0.4, -0.2) is 9.78 Å². The van der Waals surface area contributed by atoms with Crippen LogP contribution in [-0.2, 0) is 6.54 Å². The molecule has 0 amide bonds. The van der Waals surface area contributed by atoms with Crippen LogP contribution in [0.25, 0.3) is 0 Å². The lowest BCUT2D eigenvalue weighted by molar-refractivity contribution is 0.601. The first-order chi connectivity index (χ1) is 5.24. The second-order valence-electron chi connectivity index (χ2n) is 2.83. The Morgan fingerprint density at radius 1 is 1.73 bits per heavy atom. The minimum absolute atomic E-state index is 0.0978. The highest BCUT2D eigenvalue weighted by Gasteiger charge is 2.01. The predicted octanol–water partition coefficient (Wildman–Crippen LogP) is 1.31.